The largest absolute Gasteiger partial charge is 0.467 e. The highest BCUT2D eigenvalue weighted by atomic mass is 16.5. The molecule has 0 bridgehead atoms. The standard InChI is InChI=1S/C12H22N6O2/c1-19-12-16-10(15-11(17-12)18-13)14-7-8-20-9-5-3-2-4-6-9/h9H,2-8,13H2,1H3,(H2,14,15,16,17,18). The first-order valence-electron chi connectivity index (χ1n) is 6.94. The van der Waals surface area contributed by atoms with Crippen molar-refractivity contribution in [3.8, 4) is 6.01 Å². The Labute approximate surface area is 118 Å². The Morgan fingerprint density at radius 3 is 2.60 bits per heavy atom. The monoisotopic (exact) mass is 282 g/mol. The normalized spacial score (nSPS) is 15.9. The van der Waals surface area contributed by atoms with Gasteiger partial charge >= 0.3 is 6.01 Å². The van der Waals surface area contributed by atoms with E-state index in [4.69, 9.17) is 15.3 Å². The minimum Gasteiger partial charge on any atom is -0.467 e. The molecular weight excluding hydrogens is 260 g/mol. The van der Waals surface area contributed by atoms with Crippen LogP contribution in [0.25, 0.3) is 0 Å². The molecule has 1 fully saturated rings. The Balaban J connectivity index is 1.75. The number of nitrogens with zero attached hydrogens (tertiary/aromatic N) is 3. The van der Waals surface area contributed by atoms with Crippen molar-refractivity contribution in [1.82, 2.24) is 15.0 Å². The SMILES string of the molecule is COc1nc(NN)nc(NCCOC2CCCCC2)n1. The molecule has 1 aliphatic rings. The van der Waals surface area contributed by atoms with E-state index in [1.165, 1.54) is 39.2 Å². The quantitative estimate of drug-likeness (QED) is 0.385. The zero-order valence-electron chi connectivity index (χ0n) is 11.8. The number of rotatable bonds is 7. The maximum absolute atomic E-state index is 5.81. The van der Waals surface area contributed by atoms with Crippen LogP contribution in [0.1, 0.15) is 32.1 Å². The maximum atomic E-state index is 5.81. The van der Waals surface area contributed by atoms with E-state index >= 15 is 0 Å². The second-order valence-electron chi connectivity index (χ2n) is 4.67. The number of methoxy groups -OCH3 is 1. The fraction of sp³-hybridized carbons (Fsp3) is 0.750. The topological polar surface area (TPSA) is 107 Å². The number of hydrogen-bond acceptors (Lipinski definition) is 8. The molecule has 1 aromatic rings. The fourth-order valence-electron chi connectivity index (χ4n) is 2.21. The van der Waals surface area contributed by atoms with E-state index in [1.807, 2.05) is 0 Å². The van der Waals surface area contributed by atoms with Gasteiger partial charge in [0.1, 0.15) is 0 Å². The van der Waals surface area contributed by atoms with Gasteiger partial charge in [-0.1, -0.05) is 19.3 Å². The van der Waals surface area contributed by atoms with Crippen LogP contribution in [0.4, 0.5) is 11.9 Å². The van der Waals surface area contributed by atoms with Crippen molar-refractivity contribution in [3.63, 3.8) is 0 Å². The van der Waals surface area contributed by atoms with Gasteiger partial charge in [-0.2, -0.15) is 15.0 Å². The molecule has 0 unspecified atom stereocenters. The summed E-state index contributed by atoms with van der Waals surface area (Å²) in [6.45, 7) is 1.26. The summed E-state index contributed by atoms with van der Waals surface area (Å²) >= 11 is 0. The Bertz CT molecular complexity index is 389. The molecule has 8 heteroatoms. The first kappa shape index (κ1) is 14.7. The zero-order valence-corrected chi connectivity index (χ0v) is 11.8. The molecule has 0 aromatic carbocycles. The first-order valence-corrected chi connectivity index (χ1v) is 6.94. The van der Waals surface area contributed by atoms with Crippen LogP contribution >= 0.6 is 0 Å². The van der Waals surface area contributed by atoms with Crippen LogP contribution in [0, 0.1) is 0 Å². The minimum absolute atomic E-state index is 0.212. The second kappa shape index (κ2) is 7.81. The average molecular weight is 282 g/mol. The lowest BCUT2D eigenvalue weighted by Crippen LogP contribution is -2.21. The van der Waals surface area contributed by atoms with Gasteiger partial charge in [-0.05, 0) is 12.8 Å². The van der Waals surface area contributed by atoms with Gasteiger partial charge in [0.05, 0.1) is 19.8 Å². The number of hydrazine groups is 1. The van der Waals surface area contributed by atoms with Crippen LogP contribution in [-0.2, 0) is 4.74 Å². The van der Waals surface area contributed by atoms with E-state index in [2.05, 4.69) is 25.7 Å². The van der Waals surface area contributed by atoms with Crippen molar-refractivity contribution < 1.29 is 9.47 Å². The first-order chi connectivity index (χ1) is 9.81. The van der Waals surface area contributed by atoms with Gasteiger partial charge in [-0.3, -0.25) is 5.43 Å². The van der Waals surface area contributed by atoms with Crippen LogP contribution in [0.3, 0.4) is 0 Å². The molecule has 0 saturated heterocycles. The molecule has 4 N–H and O–H groups in total. The lowest BCUT2D eigenvalue weighted by molar-refractivity contribution is 0.0347. The van der Waals surface area contributed by atoms with Gasteiger partial charge in [0.15, 0.2) is 0 Å². The molecule has 0 aliphatic heterocycles. The second-order valence-corrected chi connectivity index (χ2v) is 4.67. The number of hydrogen-bond donors (Lipinski definition) is 3. The molecular formula is C12H22N6O2. The Morgan fingerprint density at radius 1 is 1.15 bits per heavy atom. The fourth-order valence-corrected chi connectivity index (χ4v) is 2.21. The molecule has 0 radical (unpaired) electrons. The van der Waals surface area contributed by atoms with E-state index < -0.39 is 0 Å². The van der Waals surface area contributed by atoms with Crippen LogP contribution < -0.4 is 21.3 Å². The van der Waals surface area contributed by atoms with E-state index in [0.717, 1.165) is 0 Å². The van der Waals surface area contributed by atoms with E-state index in [-0.39, 0.29) is 12.0 Å². The van der Waals surface area contributed by atoms with Crippen molar-refractivity contribution in [2.45, 2.75) is 38.2 Å². The summed E-state index contributed by atoms with van der Waals surface area (Å²) in [7, 11) is 1.49. The molecule has 0 spiro atoms. The van der Waals surface area contributed by atoms with E-state index in [9.17, 15) is 0 Å². The van der Waals surface area contributed by atoms with Gasteiger partial charge < -0.3 is 14.8 Å². The van der Waals surface area contributed by atoms with Crippen LogP contribution in [0.5, 0.6) is 6.01 Å². The number of anilines is 2. The number of aromatic nitrogens is 3. The van der Waals surface area contributed by atoms with Crippen molar-refractivity contribution >= 4 is 11.9 Å². The van der Waals surface area contributed by atoms with Crippen molar-refractivity contribution in [1.29, 1.82) is 0 Å². The number of nitrogen functional groups attached to an aromatic ring is 1. The predicted molar refractivity (Wildman–Crippen MR) is 75.5 cm³/mol. The maximum Gasteiger partial charge on any atom is 0.322 e. The minimum atomic E-state index is 0.212. The molecule has 20 heavy (non-hydrogen) atoms. The van der Waals surface area contributed by atoms with Crippen molar-refractivity contribution in [2.24, 2.45) is 5.84 Å². The summed E-state index contributed by atoms with van der Waals surface area (Å²) in [5.74, 6) is 5.95. The summed E-state index contributed by atoms with van der Waals surface area (Å²) in [5, 5.41) is 3.07. The summed E-state index contributed by atoms with van der Waals surface area (Å²) in [5.41, 5.74) is 2.37. The third kappa shape index (κ3) is 4.46. The molecule has 2 rings (SSSR count). The van der Waals surface area contributed by atoms with Gasteiger partial charge in [0.25, 0.3) is 0 Å². The van der Waals surface area contributed by atoms with Crippen LogP contribution in [0.2, 0.25) is 0 Å². The molecule has 0 atom stereocenters. The molecule has 1 aliphatic carbocycles. The average Bonchev–Trinajstić information content (AvgIpc) is 2.52. The Kier molecular flexibility index (Phi) is 5.75. The Morgan fingerprint density at radius 2 is 1.90 bits per heavy atom. The highest BCUT2D eigenvalue weighted by Gasteiger charge is 2.13. The van der Waals surface area contributed by atoms with Crippen LogP contribution in [-0.4, -0.2) is 41.3 Å². The highest BCUT2D eigenvalue weighted by molar-refractivity contribution is 5.34. The van der Waals surface area contributed by atoms with Gasteiger partial charge in [0, 0.05) is 6.54 Å². The summed E-state index contributed by atoms with van der Waals surface area (Å²) in [4.78, 5) is 12.1. The van der Waals surface area contributed by atoms with E-state index in [1.54, 1.807) is 0 Å². The molecule has 1 aromatic heterocycles. The summed E-state index contributed by atoms with van der Waals surface area (Å²) in [6.07, 6.45) is 6.61. The summed E-state index contributed by atoms with van der Waals surface area (Å²) in [6, 6.07) is 0.212. The number of nitrogens with one attached hydrogen (secondary N) is 2. The molecule has 1 heterocycles. The Hall–Kier alpha value is -1.67. The highest BCUT2D eigenvalue weighted by Crippen LogP contribution is 2.20. The van der Waals surface area contributed by atoms with Crippen molar-refractivity contribution in [2.75, 3.05) is 31.0 Å². The van der Waals surface area contributed by atoms with E-state index in [0.29, 0.717) is 25.2 Å². The van der Waals surface area contributed by atoms with Crippen LogP contribution in [0.15, 0.2) is 0 Å². The third-order valence-electron chi connectivity index (χ3n) is 3.22. The molecule has 112 valence electrons. The predicted octanol–water partition coefficient (Wildman–Crippen LogP) is 0.927. The smallest absolute Gasteiger partial charge is 0.322 e. The lowest BCUT2D eigenvalue weighted by Gasteiger charge is -2.22. The lowest BCUT2D eigenvalue weighted by atomic mass is 9.98. The van der Waals surface area contributed by atoms with Gasteiger partial charge in [-0.15, -0.1) is 0 Å². The molecule has 0 amide bonds. The van der Waals surface area contributed by atoms with Gasteiger partial charge in [-0.25, -0.2) is 5.84 Å². The number of nitrogens with two attached hydrogens (primary N) is 1. The van der Waals surface area contributed by atoms with Crippen molar-refractivity contribution in [3.05, 3.63) is 0 Å². The molecule has 8 nitrogen and oxygen atoms in total. The number of ether oxygens (including phenoxy) is 2. The summed E-state index contributed by atoms with van der Waals surface area (Å²) < 4.78 is 10.8. The zero-order chi connectivity index (χ0) is 14.2. The molecule has 1 saturated carbocycles. The third-order valence-corrected chi connectivity index (χ3v) is 3.22. The van der Waals surface area contributed by atoms with Gasteiger partial charge in [0.2, 0.25) is 11.9 Å².